The number of benzene rings is 1. The van der Waals surface area contributed by atoms with Crippen molar-refractivity contribution >= 4 is 34.0 Å². The first kappa shape index (κ1) is 12.6. The molecule has 2 heterocycles. The third-order valence-corrected chi connectivity index (χ3v) is 4.84. The Morgan fingerprint density at radius 1 is 1.32 bits per heavy atom. The zero-order chi connectivity index (χ0) is 13.5. The Bertz CT molecular complexity index is 609. The highest BCUT2D eigenvalue weighted by Gasteiger charge is 2.27. The minimum atomic E-state index is 0.300. The number of nitrogens with two attached hydrogens (primary N) is 1. The van der Waals surface area contributed by atoms with Crippen LogP contribution in [-0.2, 0) is 0 Å². The average molecular weight is 273 g/mol. The Morgan fingerprint density at radius 3 is 2.95 bits per heavy atom. The monoisotopic (exact) mass is 273 g/mol. The number of thioether (sulfide) groups is 1. The van der Waals surface area contributed by atoms with Gasteiger partial charge >= 0.3 is 0 Å². The number of hydrogen-bond acceptors (Lipinski definition) is 4. The predicted octanol–water partition coefficient (Wildman–Crippen LogP) is 3.15. The molecule has 19 heavy (non-hydrogen) atoms. The fraction of sp³-hybridized carbons (Fsp3) is 0.400. The Kier molecular flexibility index (Phi) is 3.05. The third kappa shape index (κ3) is 2.37. The summed E-state index contributed by atoms with van der Waals surface area (Å²) in [6.07, 6.45) is 1.86. The van der Waals surface area contributed by atoms with E-state index in [-0.39, 0.29) is 0 Å². The molecule has 100 valence electrons. The van der Waals surface area contributed by atoms with Crippen LogP contribution < -0.4 is 10.6 Å². The third-order valence-electron chi connectivity index (χ3n) is 3.55. The molecule has 1 aromatic carbocycles. The van der Waals surface area contributed by atoms with Crippen LogP contribution in [0.5, 0.6) is 0 Å². The molecule has 3 nitrogen and oxygen atoms in total. The molecule has 1 fully saturated rings. The molecule has 1 aliphatic rings. The molecule has 0 atom stereocenters. The van der Waals surface area contributed by atoms with Gasteiger partial charge in [0.1, 0.15) is 0 Å². The highest BCUT2D eigenvalue weighted by molar-refractivity contribution is 8.00. The van der Waals surface area contributed by atoms with E-state index < -0.39 is 0 Å². The number of pyridine rings is 1. The molecule has 0 bridgehead atoms. The van der Waals surface area contributed by atoms with Crippen LogP contribution in [-0.4, -0.2) is 28.6 Å². The second-order valence-electron chi connectivity index (χ2n) is 5.60. The summed E-state index contributed by atoms with van der Waals surface area (Å²) in [6, 6.07) is 8.14. The molecule has 0 radical (unpaired) electrons. The lowest BCUT2D eigenvalue weighted by Gasteiger charge is -2.39. The summed E-state index contributed by atoms with van der Waals surface area (Å²) in [5.74, 6) is 1.17. The van der Waals surface area contributed by atoms with Gasteiger partial charge in [0.05, 0.1) is 11.2 Å². The van der Waals surface area contributed by atoms with Gasteiger partial charge in [0.2, 0.25) is 0 Å². The minimum Gasteiger partial charge on any atom is -0.397 e. The van der Waals surface area contributed by atoms with E-state index in [1.807, 2.05) is 30.1 Å². The lowest BCUT2D eigenvalue weighted by Crippen LogP contribution is -2.43. The Hall–Kier alpha value is -1.42. The van der Waals surface area contributed by atoms with Crippen molar-refractivity contribution in [2.75, 3.05) is 29.5 Å². The van der Waals surface area contributed by atoms with E-state index in [1.54, 1.807) is 0 Å². The fourth-order valence-electron chi connectivity index (χ4n) is 2.68. The van der Waals surface area contributed by atoms with Gasteiger partial charge in [-0.1, -0.05) is 12.1 Å². The summed E-state index contributed by atoms with van der Waals surface area (Å²) < 4.78 is 0.300. The number of fused-ring (bicyclic) bond motifs is 1. The number of hydrogen-bond donors (Lipinski definition) is 1. The quantitative estimate of drug-likeness (QED) is 0.811. The summed E-state index contributed by atoms with van der Waals surface area (Å²) >= 11 is 2.05. The second kappa shape index (κ2) is 4.60. The van der Waals surface area contributed by atoms with E-state index in [4.69, 9.17) is 5.73 Å². The summed E-state index contributed by atoms with van der Waals surface area (Å²) in [7, 11) is 0. The van der Waals surface area contributed by atoms with Crippen molar-refractivity contribution in [3.63, 3.8) is 0 Å². The molecule has 2 aromatic rings. The van der Waals surface area contributed by atoms with Gasteiger partial charge in [-0.25, -0.2) is 0 Å². The summed E-state index contributed by atoms with van der Waals surface area (Å²) in [6.45, 7) is 6.76. The smallest absolute Gasteiger partial charge is 0.0951 e. The van der Waals surface area contributed by atoms with Crippen LogP contribution in [0.15, 0.2) is 30.5 Å². The van der Waals surface area contributed by atoms with Gasteiger partial charge in [-0.2, -0.15) is 11.8 Å². The highest BCUT2D eigenvalue weighted by Crippen LogP contribution is 2.35. The molecular weight excluding hydrogens is 254 g/mol. The van der Waals surface area contributed by atoms with Crippen molar-refractivity contribution in [2.24, 2.45) is 0 Å². The van der Waals surface area contributed by atoms with Crippen molar-refractivity contribution < 1.29 is 0 Å². The van der Waals surface area contributed by atoms with Gasteiger partial charge in [-0.15, -0.1) is 0 Å². The van der Waals surface area contributed by atoms with E-state index in [0.717, 1.165) is 29.7 Å². The lowest BCUT2D eigenvalue weighted by atomic mass is 10.1. The molecule has 1 aliphatic heterocycles. The SMILES string of the molecule is CC1(C)CN(c2ccnc3c(N)cccc23)CCS1. The molecule has 1 aromatic heterocycles. The predicted molar refractivity (Wildman–Crippen MR) is 84.9 cm³/mol. The van der Waals surface area contributed by atoms with Gasteiger partial charge in [0, 0.05) is 40.9 Å². The molecule has 0 amide bonds. The first-order chi connectivity index (χ1) is 9.07. The zero-order valence-corrected chi connectivity index (χ0v) is 12.2. The standard InChI is InChI=1S/C15H19N3S/c1-15(2)10-18(8-9-19-15)13-6-7-17-14-11(13)4-3-5-12(14)16/h3-7H,8-10,16H2,1-2H3. The normalized spacial score (nSPS) is 18.7. The maximum absolute atomic E-state index is 6.02. The number of nitrogen functional groups attached to an aromatic ring is 1. The van der Waals surface area contributed by atoms with Crippen LogP contribution in [0.4, 0.5) is 11.4 Å². The Morgan fingerprint density at radius 2 is 2.16 bits per heavy atom. The van der Waals surface area contributed by atoms with Gasteiger partial charge in [0.25, 0.3) is 0 Å². The Balaban J connectivity index is 2.08. The molecule has 0 saturated carbocycles. The molecular formula is C15H19N3S. The summed E-state index contributed by atoms with van der Waals surface area (Å²) in [5, 5.41) is 1.16. The molecule has 1 saturated heterocycles. The largest absolute Gasteiger partial charge is 0.397 e. The van der Waals surface area contributed by atoms with Crippen molar-refractivity contribution in [1.82, 2.24) is 4.98 Å². The number of aromatic nitrogens is 1. The molecule has 3 rings (SSSR count). The lowest BCUT2D eigenvalue weighted by molar-refractivity contribution is 0.649. The fourth-order valence-corrected chi connectivity index (χ4v) is 3.79. The van der Waals surface area contributed by atoms with Gasteiger partial charge in [-0.3, -0.25) is 4.98 Å². The van der Waals surface area contributed by atoms with Crippen molar-refractivity contribution in [3.8, 4) is 0 Å². The van der Waals surface area contributed by atoms with E-state index in [1.165, 1.54) is 11.4 Å². The number of anilines is 2. The molecule has 0 unspecified atom stereocenters. The van der Waals surface area contributed by atoms with Crippen LogP contribution in [0, 0.1) is 0 Å². The van der Waals surface area contributed by atoms with E-state index >= 15 is 0 Å². The van der Waals surface area contributed by atoms with Crippen molar-refractivity contribution in [1.29, 1.82) is 0 Å². The number of nitrogens with zero attached hydrogens (tertiary/aromatic N) is 2. The Labute approximate surface area is 118 Å². The van der Waals surface area contributed by atoms with Gasteiger partial charge in [0.15, 0.2) is 0 Å². The number of rotatable bonds is 1. The average Bonchev–Trinajstić information content (AvgIpc) is 2.37. The number of para-hydroxylation sites is 1. The molecule has 4 heteroatoms. The van der Waals surface area contributed by atoms with Crippen LogP contribution in [0.25, 0.3) is 10.9 Å². The van der Waals surface area contributed by atoms with Crippen LogP contribution in [0.2, 0.25) is 0 Å². The molecule has 2 N–H and O–H groups in total. The summed E-state index contributed by atoms with van der Waals surface area (Å²) in [4.78, 5) is 6.87. The second-order valence-corrected chi connectivity index (χ2v) is 7.41. The topological polar surface area (TPSA) is 42.2 Å². The van der Waals surface area contributed by atoms with E-state index in [0.29, 0.717) is 4.75 Å². The van der Waals surface area contributed by atoms with Crippen molar-refractivity contribution in [2.45, 2.75) is 18.6 Å². The first-order valence-electron chi connectivity index (χ1n) is 6.59. The van der Waals surface area contributed by atoms with Gasteiger partial charge in [-0.05, 0) is 26.0 Å². The van der Waals surface area contributed by atoms with Crippen LogP contribution in [0.3, 0.4) is 0 Å². The maximum atomic E-state index is 6.02. The van der Waals surface area contributed by atoms with E-state index in [9.17, 15) is 0 Å². The van der Waals surface area contributed by atoms with Crippen LogP contribution in [0.1, 0.15) is 13.8 Å². The molecule has 0 aliphatic carbocycles. The van der Waals surface area contributed by atoms with Crippen LogP contribution >= 0.6 is 11.8 Å². The maximum Gasteiger partial charge on any atom is 0.0951 e. The zero-order valence-electron chi connectivity index (χ0n) is 11.4. The molecule has 0 spiro atoms. The van der Waals surface area contributed by atoms with E-state index in [2.05, 4.69) is 35.9 Å². The first-order valence-corrected chi connectivity index (χ1v) is 7.57. The van der Waals surface area contributed by atoms with Gasteiger partial charge < -0.3 is 10.6 Å². The van der Waals surface area contributed by atoms with Crippen molar-refractivity contribution in [3.05, 3.63) is 30.5 Å². The highest BCUT2D eigenvalue weighted by atomic mass is 32.2. The minimum absolute atomic E-state index is 0.300. The summed E-state index contributed by atoms with van der Waals surface area (Å²) in [5.41, 5.74) is 8.95.